The fraction of sp³-hybridized carbons (Fsp3) is 0.226. The summed E-state index contributed by atoms with van der Waals surface area (Å²) < 4.78 is 14.2. The van der Waals surface area contributed by atoms with Gasteiger partial charge in [-0.05, 0) is 66.9 Å². The number of hydrogen-bond acceptors (Lipinski definition) is 6. The first-order valence-electron chi connectivity index (χ1n) is 12.8. The molecule has 0 fully saturated rings. The maximum Gasteiger partial charge on any atom is 0.335 e. The summed E-state index contributed by atoms with van der Waals surface area (Å²) in [5.74, 6) is 0.641. The van der Waals surface area contributed by atoms with E-state index < -0.39 is 5.97 Å². The standard InChI is InChI=1S/C31H30BrN3O5/c1-5-7-23-14-21(15-27(39-6-2)28(23)40-18-20-8-10-22(11-9-20)31(37)38)17-33-35-29(19(3)4)34-26-13-12-24(32)16-25(26)30(35)36/h5,8-17,19H,1,6-7,18H2,2-4H3,(H,37,38). The average Bonchev–Trinajstić information content (AvgIpc) is 2.92. The first-order valence-corrected chi connectivity index (χ1v) is 13.6. The Morgan fingerprint density at radius 2 is 1.90 bits per heavy atom. The van der Waals surface area contributed by atoms with Crippen LogP contribution in [0.2, 0.25) is 0 Å². The van der Waals surface area contributed by atoms with E-state index in [-0.39, 0.29) is 23.6 Å². The lowest BCUT2D eigenvalue weighted by atomic mass is 10.1. The van der Waals surface area contributed by atoms with Crippen LogP contribution in [0.5, 0.6) is 11.5 Å². The van der Waals surface area contributed by atoms with Crippen LogP contribution in [0.4, 0.5) is 0 Å². The van der Waals surface area contributed by atoms with Crippen molar-refractivity contribution in [1.29, 1.82) is 0 Å². The van der Waals surface area contributed by atoms with Gasteiger partial charge in [0.2, 0.25) is 0 Å². The first-order chi connectivity index (χ1) is 19.2. The summed E-state index contributed by atoms with van der Waals surface area (Å²) in [4.78, 5) is 29.2. The Kier molecular flexibility index (Phi) is 9.16. The number of allylic oxidation sites excluding steroid dienone is 1. The van der Waals surface area contributed by atoms with Gasteiger partial charge in [-0.25, -0.2) is 9.78 Å². The van der Waals surface area contributed by atoms with Crippen LogP contribution in [0.15, 0.2) is 81.6 Å². The van der Waals surface area contributed by atoms with Crippen molar-refractivity contribution in [3.05, 3.63) is 110 Å². The van der Waals surface area contributed by atoms with E-state index in [1.54, 1.807) is 42.6 Å². The quantitative estimate of drug-likeness (QED) is 0.154. The molecule has 8 nitrogen and oxygen atoms in total. The Morgan fingerprint density at radius 1 is 1.15 bits per heavy atom. The molecule has 0 amide bonds. The number of aromatic carboxylic acids is 1. The Bertz CT molecular complexity index is 1640. The second kappa shape index (κ2) is 12.7. The van der Waals surface area contributed by atoms with E-state index >= 15 is 0 Å². The predicted octanol–water partition coefficient (Wildman–Crippen LogP) is 6.57. The van der Waals surface area contributed by atoms with E-state index in [1.165, 1.54) is 4.68 Å². The third kappa shape index (κ3) is 6.48. The average molecular weight is 605 g/mol. The Labute approximate surface area is 240 Å². The number of carbonyl (C=O) groups is 1. The van der Waals surface area contributed by atoms with Gasteiger partial charge < -0.3 is 14.6 Å². The molecule has 9 heteroatoms. The summed E-state index contributed by atoms with van der Waals surface area (Å²) in [6, 6.07) is 15.7. The van der Waals surface area contributed by atoms with Gasteiger partial charge >= 0.3 is 5.97 Å². The molecule has 0 aliphatic rings. The summed E-state index contributed by atoms with van der Waals surface area (Å²) in [5.41, 5.74) is 2.95. The summed E-state index contributed by atoms with van der Waals surface area (Å²) in [6.45, 7) is 10.3. The largest absolute Gasteiger partial charge is 0.490 e. The highest BCUT2D eigenvalue weighted by atomic mass is 79.9. The highest BCUT2D eigenvalue weighted by Gasteiger charge is 2.16. The van der Waals surface area contributed by atoms with Crippen molar-refractivity contribution in [3.8, 4) is 11.5 Å². The normalized spacial score (nSPS) is 11.3. The summed E-state index contributed by atoms with van der Waals surface area (Å²) in [6.07, 6.45) is 3.90. The van der Waals surface area contributed by atoms with Crippen molar-refractivity contribution in [1.82, 2.24) is 9.66 Å². The number of halogens is 1. The third-order valence-corrected chi connectivity index (χ3v) is 6.57. The van der Waals surface area contributed by atoms with Crippen LogP contribution in [0.3, 0.4) is 0 Å². The van der Waals surface area contributed by atoms with Crippen molar-refractivity contribution in [3.63, 3.8) is 0 Å². The second-order valence-corrected chi connectivity index (χ2v) is 10.3. The molecule has 0 atom stereocenters. The summed E-state index contributed by atoms with van der Waals surface area (Å²) in [7, 11) is 0. The lowest BCUT2D eigenvalue weighted by molar-refractivity contribution is 0.0697. The van der Waals surface area contributed by atoms with Gasteiger partial charge in [-0.15, -0.1) is 6.58 Å². The topological polar surface area (TPSA) is 103 Å². The van der Waals surface area contributed by atoms with Gasteiger partial charge in [-0.2, -0.15) is 9.78 Å². The molecule has 40 heavy (non-hydrogen) atoms. The van der Waals surface area contributed by atoms with Crippen LogP contribution < -0.4 is 15.0 Å². The number of fused-ring (bicyclic) bond motifs is 1. The van der Waals surface area contributed by atoms with E-state index in [2.05, 4.69) is 27.6 Å². The number of rotatable bonds is 11. The monoisotopic (exact) mass is 603 g/mol. The minimum Gasteiger partial charge on any atom is -0.490 e. The summed E-state index contributed by atoms with van der Waals surface area (Å²) in [5, 5.41) is 14.2. The van der Waals surface area contributed by atoms with Crippen LogP contribution in [-0.2, 0) is 13.0 Å². The van der Waals surface area contributed by atoms with Crippen LogP contribution in [0, 0.1) is 0 Å². The molecule has 1 aromatic heterocycles. The molecule has 0 saturated heterocycles. The molecule has 0 unspecified atom stereocenters. The number of benzene rings is 3. The van der Waals surface area contributed by atoms with E-state index in [1.807, 2.05) is 45.0 Å². The summed E-state index contributed by atoms with van der Waals surface area (Å²) >= 11 is 3.43. The number of aromatic nitrogens is 2. The number of nitrogens with zero attached hydrogens (tertiary/aromatic N) is 3. The minimum absolute atomic E-state index is 0.0338. The molecule has 0 radical (unpaired) electrons. The molecule has 4 rings (SSSR count). The van der Waals surface area contributed by atoms with E-state index in [9.17, 15) is 9.59 Å². The molecule has 0 aliphatic carbocycles. The Morgan fingerprint density at radius 3 is 2.55 bits per heavy atom. The molecule has 206 valence electrons. The van der Waals surface area contributed by atoms with Crippen molar-refractivity contribution in [2.24, 2.45) is 5.10 Å². The van der Waals surface area contributed by atoms with Crippen LogP contribution in [-0.4, -0.2) is 33.6 Å². The zero-order valence-corrected chi connectivity index (χ0v) is 24.1. The van der Waals surface area contributed by atoms with Crippen LogP contribution >= 0.6 is 15.9 Å². The SMILES string of the molecule is C=CCc1cc(C=Nn2c(C(C)C)nc3ccc(Br)cc3c2=O)cc(OCC)c1OCc1ccc(C(=O)O)cc1. The smallest absolute Gasteiger partial charge is 0.335 e. The molecule has 0 bridgehead atoms. The van der Waals surface area contributed by atoms with Crippen LogP contribution in [0.25, 0.3) is 10.9 Å². The van der Waals surface area contributed by atoms with Gasteiger partial charge in [-0.1, -0.05) is 48.0 Å². The van der Waals surface area contributed by atoms with E-state index in [4.69, 9.17) is 19.6 Å². The van der Waals surface area contributed by atoms with Gasteiger partial charge in [0.25, 0.3) is 5.56 Å². The predicted molar refractivity (Wildman–Crippen MR) is 160 cm³/mol. The zero-order chi connectivity index (χ0) is 28.8. The Balaban J connectivity index is 1.72. The molecule has 1 N–H and O–H groups in total. The molecule has 1 heterocycles. The lowest BCUT2D eigenvalue weighted by Gasteiger charge is -2.17. The van der Waals surface area contributed by atoms with E-state index in [0.29, 0.717) is 41.3 Å². The Hall–Kier alpha value is -4.24. The van der Waals surface area contributed by atoms with Gasteiger partial charge in [0.05, 0.1) is 29.3 Å². The molecule has 0 aliphatic heterocycles. The third-order valence-electron chi connectivity index (χ3n) is 6.07. The maximum atomic E-state index is 13.4. The second-order valence-electron chi connectivity index (χ2n) is 9.37. The van der Waals surface area contributed by atoms with Gasteiger partial charge in [0.15, 0.2) is 11.5 Å². The number of carboxylic acid groups (broad SMARTS) is 1. The zero-order valence-electron chi connectivity index (χ0n) is 22.6. The fourth-order valence-corrected chi connectivity index (χ4v) is 4.53. The number of hydrogen-bond donors (Lipinski definition) is 1. The highest BCUT2D eigenvalue weighted by Crippen LogP contribution is 2.34. The van der Waals surface area contributed by atoms with E-state index in [0.717, 1.165) is 21.2 Å². The lowest BCUT2D eigenvalue weighted by Crippen LogP contribution is -2.23. The first kappa shape index (κ1) is 28.8. The van der Waals surface area contributed by atoms with Crippen molar-refractivity contribution in [2.75, 3.05) is 6.61 Å². The van der Waals surface area contributed by atoms with Crippen LogP contribution in [0.1, 0.15) is 59.6 Å². The van der Waals surface area contributed by atoms with Gasteiger partial charge in [-0.3, -0.25) is 4.79 Å². The maximum absolute atomic E-state index is 13.4. The van der Waals surface area contributed by atoms with Crippen molar-refractivity contribution < 1.29 is 19.4 Å². The molecule has 3 aromatic carbocycles. The highest BCUT2D eigenvalue weighted by molar-refractivity contribution is 9.10. The van der Waals surface area contributed by atoms with Gasteiger partial charge in [0, 0.05) is 16.0 Å². The molecular formula is C31H30BrN3O5. The number of ether oxygens (including phenoxy) is 2. The molecule has 4 aromatic rings. The molecular weight excluding hydrogens is 574 g/mol. The molecule has 0 spiro atoms. The molecule has 0 saturated carbocycles. The number of carboxylic acids is 1. The van der Waals surface area contributed by atoms with Crippen molar-refractivity contribution in [2.45, 2.75) is 39.7 Å². The van der Waals surface area contributed by atoms with Crippen molar-refractivity contribution >= 4 is 39.0 Å². The van der Waals surface area contributed by atoms with Gasteiger partial charge in [0.1, 0.15) is 12.4 Å². The minimum atomic E-state index is -0.980. The fourth-order valence-electron chi connectivity index (χ4n) is 4.17.